The normalized spacial score (nSPS) is 21.9. The Morgan fingerprint density at radius 2 is 1.82 bits per heavy atom. The van der Waals surface area contributed by atoms with Gasteiger partial charge in [-0.05, 0) is 43.2 Å². The van der Waals surface area contributed by atoms with Crippen LogP contribution >= 0.6 is 0 Å². The minimum Gasteiger partial charge on any atom is -0.481 e. The SMILES string of the molecule is O=C(COc1cnc(NC2CCC(Oc3nc(N4CCOCC4)cc4ccccc34)CC2)nc1)N1CC(F)C1. The number of rotatable bonds is 8. The molecule has 3 aliphatic rings. The Bertz CT molecular complexity index is 1270. The number of nitrogens with zero attached hydrogens (tertiary/aromatic N) is 5. The van der Waals surface area contributed by atoms with Crippen LogP contribution in [-0.4, -0.2) is 90.1 Å². The summed E-state index contributed by atoms with van der Waals surface area (Å²) in [7, 11) is 0. The fourth-order valence-corrected chi connectivity index (χ4v) is 5.19. The highest BCUT2D eigenvalue weighted by atomic mass is 19.1. The number of likely N-dealkylation sites (tertiary alicyclic amines) is 1. The van der Waals surface area contributed by atoms with Crippen molar-refractivity contribution in [1.82, 2.24) is 19.9 Å². The molecular weight excluding hydrogens is 503 g/mol. The van der Waals surface area contributed by atoms with Crippen molar-refractivity contribution in [2.75, 3.05) is 56.2 Å². The van der Waals surface area contributed by atoms with Gasteiger partial charge in [-0.1, -0.05) is 18.2 Å². The van der Waals surface area contributed by atoms with E-state index in [1.165, 1.54) is 4.90 Å². The van der Waals surface area contributed by atoms with Crippen molar-refractivity contribution >= 4 is 28.4 Å². The van der Waals surface area contributed by atoms with E-state index in [1.807, 2.05) is 12.1 Å². The predicted molar refractivity (Wildman–Crippen MR) is 144 cm³/mol. The first-order valence-electron chi connectivity index (χ1n) is 13.6. The van der Waals surface area contributed by atoms with E-state index in [1.54, 1.807) is 12.4 Å². The van der Waals surface area contributed by atoms with Crippen LogP contribution in [0.1, 0.15) is 25.7 Å². The predicted octanol–water partition coefficient (Wildman–Crippen LogP) is 3.22. The highest BCUT2D eigenvalue weighted by Gasteiger charge is 2.30. The number of pyridine rings is 1. The number of fused-ring (bicyclic) bond motifs is 1. The Labute approximate surface area is 226 Å². The summed E-state index contributed by atoms with van der Waals surface area (Å²) in [5, 5.41) is 5.55. The lowest BCUT2D eigenvalue weighted by molar-refractivity contribution is -0.140. The molecule has 206 valence electrons. The van der Waals surface area contributed by atoms with Crippen LogP contribution < -0.4 is 19.7 Å². The molecule has 2 aliphatic heterocycles. The first-order chi connectivity index (χ1) is 19.1. The number of hydrogen-bond donors (Lipinski definition) is 1. The molecule has 1 amide bonds. The van der Waals surface area contributed by atoms with Crippen LogP contribution in [0.25, 0.3) is 10.8 Å². The van der Waals surface area contributed by atoms with Gasteiger partial charge in [0.25, 0.3) is 5.91 Å². The summed E-state index contributed by atoms with van der Waals surface area (Å²) in [6.07, 6.45) is 5.90. The Hall–Kier alpha value is -3.73. The molecular formula is C28H33FN6O4. The maximum atomic E-state index is 12.9. The second kappa shape index (κ2) is 11.6. The largest absolute Gasteiger partial charge is 0.481 e. The van der Waals surface area contributed by atoms with Crippen molar-refractivity contribution in [3.05, 3.63) is 42.7 Å². The average molecular weight is 537 g/mol. The zero-order chi connectivity index (χ0) is 26.6. The molecule has 0 unspecified atom stereocenters. The van der Waals surface area contributed by atoms with Crippen LogP contribution in [0.2, 0.25) is 0 Å². The monoisotopic (exact) mass is 536 g/mol. The van der Waals surface area contributed by atoms with E-state index >= 15 is 0 Å². The third-order valence-electron chi connectivity index (χ3n) is 7.49. The van der Waals surface area contributed by atoms with Crippen molar-refractivity contribution in [3.63, 3.8) is 0 Å². The maximum Gasteiger partial charge on any atom is 0.260 e. The van der Waals surface area contributed by atoms with E-state index in [4.69, 9.17) is 19.2 Å². The molecule has 6 rings (SSSR count). The zero-order valence-corrected chi connectivity index (χ0v) is 21.8. The topological polar surface area (TPSA) is 102 Å². The van der Waals surface area contributed by atoms with Crippen LogP contribution in [0.5, 0.6) is 11.6 Å². The van der Waals surface area contributed by atoms with Crippen molar-refractivity contribution in [2.45, 2.75) is 44.0 Å². The van der Waals surface area contributed by atoms with E-state index in [0.29, 0.717) is 30.8 Å². The first kappa shape index (κ1) is 25.5. The number of alkyl halides is 1. The second-order valence-corrected chi connectivity index (χ2v) is 10.3. The first-order valence-corrected chi connectivity index (χ1v) is 13.6. The second-order valence-electron chi connectivity index (χ2n) is 10.3. The Morgan fingerprint density at radius 3 is 2.56 bits per heavy atom. The van der Waals surface area contributed by atoms with E-state index in [-0.39, 0.29) is 37.7 Å². The van der Waals surface area contributed by atoms with E-state index in [2.05, 4.69) is 38.4 Å². The lowest BCUT2D eigenvalue weighted by Crippen LogP contribution is -2.52. The quantitative estimate of drug-likeness (QED) is 0.465. The number of hydrogen-bond acceptors (Lipinski definition) is 9. The van der Waals surface area contributed by atoms with Crippen LogP contribution in [0.4, 0.5) is 16.2 Å². The molecule has 2 aromatic heterocycles. The molecule has 1 aliphatic carbocycles. The number of anilines is 2. The van der Waals surface area contributed by atoms with E-state index < -0.39 is 6.17 Å². The van der Waals surface area contributed by atoms with Gasteiger partial charge in [-0.25, -0.2) is 14.4 Å². The highest BCUT2D eigenvalue weighted by molar-refractivity contribution is 5.89. The van der Waals surface area contributed by atoms with Crippen LogP contribution in [0.15, 0.2) is 42.7 Å². The molecule has 0 atom stereocenters. The zero-order valence-electron chi connectivity index (χ0n) is 21.8. The number of benzene rings is 1. The molecule has 11 heteroatoms. The molecule has 10 nitrogen and oxygen atoms in total. The lowest BCUT2D eigenvalue weighted by Gasteiger charge is -2.34. The van der Waals surface area contributed by atoms with Gasteiger partial charge < -0.3 is 29.3 Å². The summed E-state index contributed by atoms with van der Waals surface area (Å²) in [6.45, 7) is 3.21. The van der Waals surface area contributed by atoms with Crippen molar-refractivity contribution in [3.8, 4) is 11.6 Å². The fourth-order valence-electron chi connectivity index (χ4n) is 5.19. The van der Waals surface area contributed by atoms with Gasteiger partial charge in [0.15, 0.2) is 12.4 Å². The summed E-state index contributed by atoms with van der Waals surface area (Å²) >= 11 is 0. The molecule has 2 saturated heterocycles. The smallest absolute Gasteiger partial charge is 0.260 e. The van der Waals surface area contributed by atoms with Gasteiger partial charge in [0, 0.05) is 24.5 Å². The van der Waals surface area contributed by atoms with Gasteiger partial charge in [-0.15, -0.1) is 0 Å². The highest BCUT2D eigenvalue weighted by Crippen LogP contribution is 2.32. The molecule has 0 spiro atoms. The third-order valence-corrected chi connectivity index (χ3v) is 7.49. The number of nitrogens with one attached hydrogen (secondary N) is 1. The number of morpholine rings is 1. The third kappa shape index (κ3) is 6.13. The van der Waals surface area contributed by atoms with Crippen LogP contribution in [0, 0.1) is 0 Å². The van der Waals surface area contributed by atoms with Gasteiger partial charge >= 0.3 is 0 Å². The maximum absolute atomic E-state index is 12.9. The molecule has 1 saturated carbocycles. The van der Waals surface area contributed by atoms with E-state index in [0.717, 1.165) is 55.4 Å². The average Bonchev–Trinajstić information content (AvgIpc) is 2.96. The number of amides is 1. The van der Waals surface area contributed by atoms with Crippen LogP contribution in [-0.2, 0) is 9.53 Å². The minimum atomic E-state index is -0.924. The van der Waals surface area contributed by atoms with Gasteiger partial charge in [0.1, 0.15) is 18.1 Å². The van der Waals surface area contributed by atoms with Gasteiger partial charge in [-0.3, -0.25) is 4.79 Å². The lowest BCUT2D eigenvalue weighted by atomic mass is 9.93. The van der Waals surface area contributed by atoms with E-state index in [9.17, 15) is 9.18 Å². The molecule has 4 heterocycles. The molecule has 3 fully saturated rings. The van der Waals surface area contributed by atoms with Gasteiger partial charge in [-0.2, -0.15) is 4.98 Å². The summed E-state index contributed by atoms with van der Waals surface area (Å²) in [6, 6.07) is 10.6. The summed E-state index contributed by atoms with van der Waals surface area (Å²) in [5.41, 5.74) is 0. The Kier molecular flexibility index (Phi) is 7.57. The van der Waals surface area contributed by atoms with Crippen molar-refractivity contribution in [1.29, 1.82) is 0 Å². The Morgan fingerprint density at radius 1 is 1.08 bits per heavy atom. The molecule has 3 aromatic rings. The van der Waals surface area contributed by atoms with Gasteiger partial charge in [0.05, 0.1) is 38.7 Å². The molecule has 0 radical (unpaired) electrons. The summed E-state index contributed by atoms with van der Waals surface area (Å²) in [4.78, 5) is 29.2. The number of aromatic nitrogens is 3. The standard InChI is InChI=1S/C28H33FN6O4/c29-20-16-35(17-20)26(36)18-38-23-14-30-28(31-15-23)32-21-5-7-22(8-6-21)39-27-24-4-2-1-3-19(24)13-25(33-27)34-9-11-37-12-10-34/h1-4,13-15,20-22H,5-12,16-18H2,(H,30,31,32). The molecule has 39 heavy (non-hydrogen) atoms. The molecule has 1 N–H and O–H groups in total. The number of halogens is 1. The fraction of sp³-hybridized carbons (Fsp3) is 0.500. The Balaban J connectivity index is 1.01. The van der Waals surface area contributed by atoms with Crippen molar-refractivity contribution < 1.29 is 23.4 Å². The number of carbonyl (C=O) groups is 1. The summed E-state index contributed by atoms with van der Waals surface area (Å²) < 4.78 is 30.4. The van der Waals surface area contributed by atoms with Gasteiger partial charge in [0.2, 0.25) is 11.8 Å². The minimum absolute atomic E-state index is 0.0900. The summed E-state index contributed by atoms with van der Waals surface area (Å²) in [5.74, 6) is 2.32. The number of ether oxygens (including phenoxy) is 3. The van der Waals surface area contributed by atoms with Crippen molar-refractivity contribution in [2.24, 2.45) is 0 Å². The van der Waals surface area contributed by atoms with Crippen LogP contribution in [0.3, 0.4) is 0 Å². The molecule has 1 aromatic carbocycles. The molecule has 0 bridgehead atoms. The number of carbonyl (C=O) groups excluding carboxylic acids is 1.